The second-order valence-corrected chi connectivity index (χ2v) is 11.6. The van der Waals surface area contributed by atoms with E-state index in [0.717, 1.165) is 0 Å². The normalized spacial score (nSPS) is 80.0. The molecule has 0 aromatic rings. The van der Waals surface area contributed by atoms with Gasteiger partial charge in [-0.05, 0) is 0 Å². The molecule has 6 saturated carbocycles. The third-order valence-corrected chi connectivity index (χ3v) is 14.8. The maximum Gasteiger partial charge on any atom is 0.229 e. The molecule has 2 nitrogen and oxygen atoms in total. The number of carbonyl (C=O) groups is 1. The van der Waals surface area contributed by atoms with Gasteiger partial charge in [0.1, 0.15) is 39.5 Å². The molecule has 2 bridgehead atoms. The van der Waals surface area contributed by atoms with Gasteiger partial charge in [-0.3, -0.25) is 4.79 Å². The predicted octanol–water partition coefficient (Wildman–Crippen LogP) is 3.54. The fourth-order valence-electron chi connectivity index (χ4n) is 6.24. The van der Waals surface area contributed by atoms with E-state index in [1.165, 1.54) is 0 Å². The van der Waals surface area contributed by atoms with Crippen molar-refractivity contribution >= 4 is 110 Å². The number of alkyl halides is 9. The largest absolute Gasteiger partial charge is 0.369 e. The SMILES string of the molecule is NC(=O)C12C3(Cl)[C@@]4(Cl)C5(Cl)C(Cl)(Cl)C(Cl)([C@@]14Cl)[C@]2(Cl)[C@]53Cl. The van der Waals surface area contributed by atoms with Crippen LogP contribution < -0.4 is 5.73 Å². The van der Waals surface area contributed by atoms with Crippen LogP contribution in [0.25, 0.3) is 0 Å². The lowest BCUT2D eigenvalue weighted by Gasteiger charge is -3.04. The highest BCUT2D eigenvalue weighted by Crippen LogP contribution is 3.18. The van der Waals surface area contributed by atoms with E-state index in [1.807, 2.05) is 0 Å². The van der Waals surface area contributed by atoms with Crippen LogP contribution in [0.3, 0.4) is 0 Å². The molecule has 116 valence electrons. The third kappa shape index (κ3) is 0.569. The Morgan fingerprint density at radius 1 is 0.571 bits per heavy atom. The summed E-state index contributed by atoms with van der Waals surface area (Å²) in [6.45, 7) is 0. The first-order valence-electron chi connectivity index (χ1n) is 5.69. The van der Waals surface area contributed by atoms with Gasteiger partial charge in [-0.2, -0.15) is 0 Å². The standard InChI is InChI=1S/C10H2Cl9NO/c11-3-2(1(20)21)4(12)6(3,14)9(17)7(3,15)5(2,13)8(4,16)10(9,18)19/h(H2,20,21)/t2?,3?,4-,5-,6+,7+,8?,9?/m1/s1. The lowest BCUT2D eigenvalue weighted by molar-refractivity contribution is -0.323. The second kappa shape index (κ2) is 2.81. The minimum absolute atomic E-state index is 0.851. The van der Waals surface area contributed by atoms with Crippen molar-refractivity contribution < 1.29 is 4.79 Å². The van der Waals surface area contributed by atoms with Gasteiger partial charge < -0.3 is 5.73 Å². The van der Waals surface area contributed by atoms with E-state index in [9.17, 15) is 4.79 Å². The molecule has 0 spiro atoms. The zero-order chi connectivity index (χ0) is 16.1. The molecule has 21 heavy (non-hydrogen) atoms. The van der Waals surface area contributed by atoms with Crippen LogP contribution >= 0.6 is 104 Å². The lowest BCUT2D eigenvalue weighted by atomic mass is 9.10. The van der Waals surface area contributed by atoms with Crippen LogP contribution in [0, 0.1) is 5.41 Å². The van der Waals surface area contributed by atoms with Crippen molar-refractivity contribution in [2.24, 2.45) is 11.1 Å². The molecule has 0 saturated heterocycles. The summed E-state index contributed by atoms with van der Waals surface area (Å²) in [4.78, 5) is 0.536. The topological polar surface area (TPSA) is 43.1 Å². The number of halogens is 9. The van der Waals surface area contributed by atoms with Crippen LogP contribution in [0.4, 0.5) is 0 Å². The van der Waals surface area contributed by atoms with Crippen LogP contribution in [0.15, 0.2) is 0 Å². The van der Waals surface area contributed by atoms with Crippen molar-refractivity contribution in [2.75, 3.05) is 0 Å². The van der Waals surface area contributed by atoms with E-state index in [4.69, 9.17) is 110 Å². The number of hydrogen-bond acceptors (Lipinski definition) is 1. The van der Waals surface area contributed by atoms with E-state index in [-0.39, 0.29) is 0 Å². The summed E-state index contributed by atoms with van der Waals surface area (Å²) in [6, 6.07) is 0. The van der Waals surface area contributed by atoms with Crippen molar-refractivity contribution in [3.63, 3.8) is 0 Å². The summed E-state index contributed by atoms with van der Waals surface area (Å²) >= 11 is 59.2. The van der Waals surface area contributed by atoms with Gasteiger partial charge in [0.2, 0.25) is 5.91 Å². The Balaban J connectivity index is 2.01. The van der Waals surface area contributed by atoms with Gasteiger partial charge >= 0.3 is 0 Å². The van der Waals surface area contributed by atoms with E-state index < -0.39 is 49.8 Å². The molecule has 0 aromatic carbocycles. The number of primary amides is 1. The third-order valence-electron chi connectivity index (χ3n) is 6.58. The molecule has 11 heteroatoms. The van der Waals surface area contributed by atoms with Crippen LogP contribution in [0.1, 0.15) is 0 Å². The minimum atomic E-state index is -1.90. The molecular weight excluding hydrogens is 469 g/mol. The monoisotopic (exact) mass is 467 g/mol. The Morgan fingerprint density at radius 2 is 0.857 bits per heavy atom. The van der Waals surface area contributed by atoms with Gasteiger partial charge in [-0.15, -0.1) is 81.2 Å². The molecule has 6 aliphatic carbocycles. The smallest absolute Gasteiger partial charge is 0.229 e. The van der Waals surface area contributed by atoms with Gasteiger partial charge in [-0.25, -0.2) is 0 Å². The van der Waals surface area contributed by atoms with Gasteiger partial charge in [-0.1, -0.05) is 23.2 Å². The van der Waals surface area contributed by atoms with Crippen LogP contribution in [-0.4, -0.2) is 44.4 Å². The van der Waals surface area contributed by atoms with E-state index in [0.29, 0.717) is 0 Å². The highest BCUT2D eigenvalue weighted by atomic mass is 35.5. The first-order chi connectivity index (χ1) is 9.19. The van der Waals surface area contributed by atoms with Crippen molar-refractivity contribution in [1.29, 1.82) is 0 Å². The molecule has 4 atom stereocenters. The fraction of sp³-hybridized carbons (Fsp3) is 0.900. The molecule has 2 N–H and O–H groups in total. The van der Waals surface area contributed by atoms with Crippen LogP contribution in [0.5, 0.6) is 0 Å². The Morgan fingerprint density at radius 3 is 1.19 bits per heavy atom. The van der Waals surface area contributed by atoms with E-state index >= 15 is 0 Å². The average molecular weight is 471 g/mol. The summed E-state index contributed by atoms with van der Waals surface area (Å²) in [5.74, 6) is -0.851. The van der Waals surface area contributed by atoms with Crippen LogP contribution in [0.2, 0.25) is 0 Å². The highest BCUT2D eigenvalue weighted by Gasteiger charge is 3.37. The Hall–Kier alpha value is 2.08. The summed E-state index contributed by atoms with van der Waals surface area (Å²) < 4.78 is -1.90. The number of nitrogens with two attached hydrogens (primary N) is 1. The molecule has 0 aromatic heterocycles. The van der Waals surface area contributed by atoms with Gasteiger partial charge in [0.05, 0.1) is 0 Å². The molecule has 1 amide bonds. The molecule has 6 rings (SSSR count). The quantitative estimate of drug-likeness (QED) is 0.585. The Bertz CT molecular complexity index is 691. The number of rotatable bonds is 1. The lowest BCUT2D eigenvalue weighted by Crippen LogP contribution is -3.26. The molecule has 0 heterocycles. The Labute approximate surface area is 163 Å². The first-order valence-corrected chi connectivity index (χ1v) is 9.10. The summed E-state index contributed by atoms with van der Waals surface area (Å²) in [5.41, 5.74) is 3.89. The Kier molecular flexibility index (Phi) is 2.05. The summed E-state index contributed by atoms with van der Waals surface area (Å²) in [6.07, 6.45) is 0. The summed E-state index contributed by atoms with van der Waals surface area (Å²) in [7, 11) is 0. The minimum Gasteiger partial charge on any atom is -0.369 e. The van der Waals surface area contributed by atoms with E-state index in [1.54, 1.807) is 0 Å². The van der Waals surface area contributed by atoms with Crippen molar-refractivity contribution in [2.45, 2.75) is 38.5 Å². The molecule has 0 radical (unpaired) electrons. The molecule has 6 fully saturated rings. The predicted molar refractivity (Wildman–Crippen MR) is 86.2 cm³/mol. The first kappa shape index (κ1) is 15.3. The molecule has 6 aliphatic rings. The van der Waals surface area contributed by atoms with Crippen molar-refractivity contribution in [1.82, 2.24) is 0 Å². The molecule has 0 aliphatic heterocycles. The number of hydrogen-bond donors (Lipinski definition) is 1. The van der Waals surface area contributed by atoms with Crippen molar-refractivity contribution in [3.05, 3.63) is 0 Å². The number of carbonyl (C=O) groups excluding carboxylic acids is 1. The fourth-order valence-corrected chi connectivity index (χ4v) is 14.4. The van der Waals surface area contributed by atoms with Gasteiger partial charge in [0, 0.05) is 0 Å². The van der Waals surface area contributed by atoms with Crippen molar-refractivity contribution in [3.8, 4) is 0 Å². The van der Waals surface area contributed by atoms with Gasteiger partial charge in [0.25, 0.3) is 0 Å². The highest BCUT2D eigenvalue weighted by molar-refractivity contribution is 6.79. The maximum absolute atomic E-state index is 12.2. The molecule has 0 unspecified atom stereocenters. The second-order valence-electron chi connectivity index (χ2n) is 6.30. The summed E-state index contributed by atoms with van der Waals surface area (Å²) in [5, 5.41) is 0. The van der Waals surface area contributed by atoms with E-state index in [2.05, 4.69) is 0 Å². The van der Waals surface area contributed by atoms with Crippen LogP contribution in [-0.2, 0) is 4.79 Å². The maximum atomic E-state index is 12.2. The average Bonchev–Trinajstić information content (AvgIpc) is 2.44. The number of amides is 1. The molecular formula is C10H2Cl9NO. The van der Waals surface area contributed by atoms with Gasteiger partial charge in [0.15, 0.2) is 4.33 Å². The zero-order valence-corrected chi connectivity index (χ0v) is 16.2. The zero-order valence-electron chi connectivity index (χ0n) is 9.39.